The summed E-state index contributed by atoms with van der Waals surface area (Å²) in [5.41, 5.74) is 4.99. The molecule has 0 saturated heterocycles. The minimum atomic E-state index is -0.924. The molecule has 6 nitrogen and oxygen atoms in total. The van der Waals surface area contributed by atoms with Gasteiger partial charge in [0.05, 0.1) is 6.10 Å². The summed E-state index contributed by atoms with van der Waals surface area (Å²) in [4.78, 5) is 24.4. The van der Waals surface area contributed by atoms with E-state index < -0.39 is 11.0 Å². The smallest absolute Gasteiger partial charge is 0.240 e. The summed E-state index contributed by atoms with van der Waals surface area (Å²) >= 11 is 0. The molecule has 0 aromatic carbocycles. The van der Waals surface area contributed by atoms with E-state index in [2.05, 4.69) is 10.6 Å². The topological polar surface area (TPSA) is 93.4 Å². The molecular formula is C18H33N3O3. The summed E-state index contributed by atoms with van der Waals surface area (Å²) in [5, 5.41) is 5.89. The number of rotatable bonds is 7. The molecule has 0 aromatic heterocycles. The third kappa shape index (κ3) is 3.91. The molecule has 2 amide bonds. The minimum Gasteiger partial charge on any atom is -0.378 e. The molecule has 138 valence electrons. The Kier molecular flexibility index (Phi) is 6.26. The average molecular weight is 339 g/mol. The molecule has 0 aromatic rings. The first-order valence-corrected chi connectivity index (χ1v) is 9.29. The van der Waals surface area contributed by atoms with Crippen molar-refractivity contribution in [3.8, 4) is 0 Å². The van der Waals surface area contributed by atoms with Gasteiger partial charge in [-0.2, -0.15) is 0 Å². The first kappa shape index (κ1) is 19.2. The van der Waals surface area contributed by atoms with Gasteiger partial charge in [-0.15, -0.1) is 0 Å². The van der Waals surface area contributed by atoms with Gasteiger partial charge in [-0.05, 0) is 19.8 Å². The van der Waals surface area contributed by atoms with Crippen LogP contribution in [0.4, 0.5) is 0 Å². The Morgan fingerprint density at radius 1 is 1.21 bits per heavy atom. The normalized spacial score (nSPS) is 29.6. The molecule has 2 aliphatic carbocycles. The Balaban J connectivity index is 1.72. The van der Waals surface area contributed by atoms with E-state index in [1.165, 1.54) is 19.3 Å². The molecule has 2 fully saturated rings. The maximum atomic E-state index is 12.5. The second-order valence-electron chi connectivity index (χ2n) is 7.75. The summed E-state index contributed by atoms with van der Waals surface area (Å²) in [6.07, 6.45) is 6.60. The van der Waals surface area contributed by atoms with Crippen molar-refractivity contribution in [2.45, 2.75) is 83.4 Å². The predicted molar refractivity (Wildman–Crippen MR) is 93.4 cm³/mol. The van der Waals surface area contributed by atoms with E-state index in [0.29, 0.717) is 32.0 Å². The van der Waals surface area contributed by atoms with Crippen LogP contribution in [-0.2, 0) is 14.3 Å². The largest absolute Gasteiger partial charge is 0.378 e. The standard InChI is InChI=1S/C18H33N3O3/c1-4-24-14-12-18(19,17(14,2)3)16(23)20-11-10-15(22)21-13-8-6-5-7-9-13/h13-14H,4-12,19H2,1-3H3,(H,20,23)(H,21,22). The zero-order chi connectivity index (χ0) is 17.8. The van der Waals surface area contributed by atoms with Crippen molar-refractivity contribution in [2.75, 3.05) is 13.2 Å². The van der Waals surface area contributed by atoms with E-state index in [-0.39, 0.29) is 17.9 Å². The highest BCUT2D eigenvalue weighted by molar-refractivity contribution is 5.89. The van der Waals surface area contributed by atoms with Gasteiger partial charge in [-0.25, -0.2) is 0 Å². The zero-order valence-electron chi connectivity index (χ0n) is 15.3. The van der Waals surface area contributed by atoms with Crippen LogP contribution in [0.25, 0.3) is 0 Å². The van der Waals surface area contributed by atoms with E-state index in [9.17, 15) is 9.59 Å². The molecule has 4 N–H and O–H groups in total. The van der Waals surface area contributed by atoms with Crippen LogP contribution in [0, 0.1) is 5.41 Å². The quantitative estimate of drug-likeness (QED) is 0.655. The third-order valence-corrected chi connectivity index (χ3v) is 5.84. The molecule has 0 spiro atoms. The summed E-state index contributed by atoms with van der Waals surface area (Å²) in [7, 11) is 0. The molecule has 6 heteroatoms. The van der Waals surface area contributed by atoms with Crippen molar-refractivity contribution in [1.82, 2.24) is 10.6 Å². The number of nitrogens with two attached hydrogens (primary N) is 1. The predicted octanol–water partition coefficient (Wildman–Crippen LogP) is 1.47. The van der Waals surface area contributed by atoms with E-state index >= 15 is 0 Å². The van der Waals surface area contributed by atoms with Gasteiger partial charge in [0.15, 0.2) is 0 Å². The number of carbonyl (C=O) groups excluding carboxylic acids is 2. The molecule has 2 rings (SSSR count). The molecule has 0 radical (unpaired) electrons. The van der Waals surface area contributed by atoms with E-state index in [1.54, 1.807) is 0 Å². The van der Waals surface area contributed by atoms with Crippen molar-refractivity contribution < 1.29 is 14.3 Å². The van der Waals surface area contributed by atoms with Crippen molar-refractivity contribution in [3.05, 3.63) is 0 Å². The lowest BCUT2D eigenvalue weighted by atomic mass is 9.54. The van der Waals surface area contributed by atoms with Gasteiger partial charge >= 0.3 is 0 Å². The van der Waals surface area contributed by atoms with Gasteiger partial charge in [0, 0.05) is 37.5 Å². The molecule has 2 aliphatic rings. The lowest BCUT2D eigenvalue weighted by molar-refractivity contribution is -0.170. The lowest BCUT2D eigenvalue weighted by Crippen LogP contribution is -2.75. The SMILES string of the molecule is CCOC1CC(N)(C(=O)NCCC(=O)NC2CCCCC2)C1(C)C. The third-order valence-electron chi connectivity index (χ3n) is 5.84. The summed E-state index contributed by atoms with van der Waals surface area (Å²) < 4.78 is 5.64. The minimum absolute atomic E-state index is 0.00727. The number of nitrogens with one attached hydrogen (secondary N) is 2. The summed E-state index contributed by atoms with van der Waals surface area (Å²) in [5.74, 6) is -0.178. The fourth-order valence-corrected chi connectivity index (χ4v) is 3.81. The van der Waals surface area contributed by atoms with Gasteiger partial charge < -0.3 is 21.1 Å². The Morgan fingerprint density at radius 3 is 2.46 bits per heavy atom. The van der Waals surface area contributed by atoms with E-state index in [1.807, 2.05) is 20.8 Å². The second-order valence-corrected chi connectivity index (χ2v) is 7.75. The number of hydrogen-bond acceptors (Lipinski definition) is 4. The van der Waals surface area contributed by atoms with Gasteiger partial charge in [-0.3, -0.25) is 9.59 Å². The number of amides is 2. The molecule has 0 aliphatic heterocycles. The van der Waals surface area contributed by atoms with Crippen molar-refractivity contribution >= 4 is 11.8 Å². The maximum absolute atomic E-state index is 12.5. The monoisotopic (exact) mass is 339 g/mol. The van der Waals surface area contributed by atoms with Crippen molar-refractivity contribution in [2.24, 2.45) is 11.1 Å². The van der Waals surface area contributed by atoms with Crippen LogP contribution in [0.15, 0.2) is 0 Å². The first-order valence-electron chi connectivity index (χ1n) is 9.29. The molecule has 2 unspecified atom stereocenters. The Morgan fingerprint density at radius 2 is 1.88 bits per heavy atom. The van der Waals surface area contributed by atoms with E-state index in [0.717, 1.165) is 12.8 Å². The molecule has 2 atom stereocenters. The zero-order valence-corrected chi connectivity index (χ0v) is 15.3. The van der Waals surface area contributed by atoms with E-state index in [4.69, 9.17) is 10.5 Å². The maximum Gasteiger partial charge on any atom is 0.240 e. The molecule has 2 saturated carbocycles. The average Bonchev–Trinajstić information content (AvgIpc) is 2.55. The highest BCUT2D eigenvalue weighted by atomic mass is 16.5. The lowest BCUT2D eigenvalue weighted by Gasteiger charge is -2.57. The van der Waals surface area contributed by atoms with Gasteiger partial charge in [-0.1, -0.05) is 33.1 Å². The van der Waals surface area contributed by atoms with Crippen LogP contribution in [0.5, 0.6) is 0 Å². The van der Waals surface area contributed by atoms with Crippen LogP contribution in [0.3, 0.4) is 0 Å². The second kappa shape index (κ2) is 7.83. The van der Waals surface area contributed by atoms with Crippen molar-refractivity contribution in [1.29, 1.82) is 0 Å². The Bertz CT molecular complexity index is 460. The fourth-order valence-electron chi connectivity index (χ4n) is 3.81. The van der Waals surface area contributed by atoms with Crippen LogP contribution in [0.1, 0.15) is 65.7 Å². The molecule has 0 bridgehead atoms. The van der Waals surface area contributed by atoms with Crippen LogP contribution >= 0.6 is 0 Å². The van der Waals surface area contributed by atoms with Gasteiger partial charge in [0.25, 0.3) is 0 Å². The summed E-state index contributed by atoms with van der Waals surface area (Å²) in [6.45, 7) is 6.81. The molecule has 0 heterocycles. The highest BCUT2D eigenvalue weighted by Gasteiger charge is 2.62. The number of carbonyl (C=O) groups is 2. The molecular weight excluding hydrogens is 306 g/mol. The van der Waals surface area contributed by atoms with Gasteiger partial charge in [0.1, 0.15) is 5.54 Å². The number of ether oxygens (including phenoxy) is 1. The first-order chi connectivity index (χ1) is 11.3. The fraction of sp³-hybridized carbons (Fsp3) is 0.889. The van der Waals surface area contributed by atoms with Crippen LogP contribution in [0.2, 0.25) is 0 Å². The molecule has 24 heavy (non-hydrogen) atoms. The Hall–Kier alpha value is -1.14. The van der Waals surface area contributed by atoms with Crippen LogP contribution < -0.4 is 16.4 Å². The highest BCUT2D eigenvalue weighted by Crippen LogP contribution is 2.49. The number of hydrogen-bond donors (Lipinski definition) is 3. The Labute approximate surface area is 145 Å². The van der Waals surface area contributed by atoms with Gasteiger partial charge in [0.2, 0.25) is 11.8 Å². The van der Waals surface area contributed by atoms with Crippen LogP contribution in [-0.4, -0.2) is 42.7 Å². The van der Waals surface area contributed by atoms with Crippen molar-refractivity contribution in [3.63, 3.8) is 0 Å². The summed E-state index contributed by atoms with van der Waals surface area (Å²) in [6, 6.07) is 0.306.